The molecule has 0 atom stereocenters. The largest absolute Gasteiger partial charge is 0.446 e. The molecule has 0 amide bonds. The summed E-state index contributed by atoms with van der Waals surface area (Å²) in [6, 6.07) is 4.01. The lowest BCUT2D eigenvalue weighted by molar-refractivity contribution is -0.0329. The molecule has 0 aromatic heterocycles. The Hall–Kier alpha value is -0.710. The first-order valence-corrected chi connectivity index (χ1v) is 5.29. The maximum absolute atomic E-state index is 13.2. The Morgan fingerprint density at radius 1 is 1.27 bits per heavy atom. The first-order chi connectivity index (χ1) is 6.94. The summed E-state index contributed by atoms with van der Waals surface area (Å²) in [6.07, 6.45) is 1.14. The minimum Gasteiger partial charge on any atom is -0.206 e. The highest BCUT2D eigenvalue weighted by Gasteiger charge is 2.31. The lowest BCUT2D eigenvalue weighted by Gasteiger charge is -2.11. The number of alkyl halides is 3. The van der Waals surface area contributed by atoms with Crippen LogP contribution in [0.5, 0.6) is 0 Å². The smallest absolute Gasteiger partial charge is 0.206 e. The highest BCUT2D eigenvalue weighted by Crippen LogP contribution is 2.40. The van der Waals surface area contributed by atoms with Crippen LogP contribution in [0.2, 0.25) is 0 Å². The summed E-state index contributed by atoms with van der Waals surface area (Å²) in [5.41, 5.74) is -4.02. The number of hydrogen-bond donors (Lipinski definition) is 0. The molecule has 1 aromatic rings. The summed E-state index contributed by atoms with van der Waals surface area (Å²) in [5, 5.41) is 0. The molecule has 0 fully saturated rings. The van der Waals surface area contributed by atoms with Crippen molar-refractivity contribution in [2.24, 2.45) is 0 Å². The van der Waals surface area contributed by atoms with E-state index in [1.807, 2.05) is 6.92 Å². The third-order valence-electron chi connectivity index (χ3n) is 1.79. The van der Waals surface area contributed by atoms with Gasteiger partial charge in [0.05, 0.1) is 4.90 Å². The molecule has 0 N–H and O–H groups in total. The van der Waals surface area contributed by atoms with E-state index in [-0.39, 0.29) is 16.7 Å². The normalized spacial score (nSPS) is 11.8. The monoisotopic (exact) mass is 238 g/mol. The van der Waals surface area contributed by atoms with E-state index in [0.29, 0.717) is 18.4 Å². The number of benzene rings is 1. The van der Waals surface area contributed by atoms with Crippen LogP contribution >= 0.6 is 11.8 Å². The molecule has 0 radical (unpaired) electrons. The molecule has 0 saturated carbocycles. The van der Waals surface area contributed by atoms with Gasteiger partial charge in [-0.1, -0.05) is 25.5 Å². The Bertz CT molecular complexity index is 333. The van der Waals surface area contributed by atoms with Gasteiger partial charge in [0, 0.05) is 0 Å². The predicted octanol–water partition coefficient (Wildman–Crippen LogP) is 4.39. The molecule has 0 unspecified atom stereocenters. The first kappa shape index (κ1) is 12.4. The Kier molecular flexibility index (Phi) is 4.02. The molecule has 0 aliphatic carbocycles. The summed E-state index contributed by atoms with van der Waals surface area (Å²) in [5.74, 6) is -0.803. The predicted molar refractivity (Wildman–Crippen MR) is 52.3 cm³/mol. The van der Waals surface area contributed by atoms with Crippen molar-refractivity contribution in [2.45, 2.75) is 30.2 Å². The third kappa shape index (κ3) is 3.74. The van der Waals surface area contributed by atoms with Gasteiger partial charge in [-0.2, -0.15) is 13.2 Å². The molecular formula is C10H10F4S. The Labute approximate surface area is 89.7 Å². The van der Waals surface area contributed by atoms with Gasteiger partial charge in [0.15, 0.2) is 0 Å². The average Bonchev–Trinajstić information content (AvgIpc) is 2.10. The maximum Gasteiger partial charge on any atom is 0.446 e. The van der Waals surface area contributed by atoms with E-state index < -0.39 is 11.3 Å². The van der Waals surface area contributed by atoms with E-state index in [9.17, 15) is 17.6 Å². The van der Waals surface area contributed by atoms with Crippen molar-refractivity contribution >= 4 is 11.8 Å². The van der Waals surface area contributed by atoms with Crippen LogP contribution in [-0.2, 0) is 6.42 Å². The number of hydrogen-bond acceptors (Lipinski definition) is 1. The van der Waals surface area contributed by atoms with Crippen LogP contribution < -0.4 is 0 Å². The summed E-state index contributed by atoms with van der Waals surface area (Å²) in [6.45, 7) is 1.84. The van der Waals surface area contributed by atoms with Crippen molar-refractivity contribution in [3.63, 3.8) is 0 Å². The minimum atomic E-state index is -4.44. The summed E-state index contributed by atoms with van der Waals surface area (Å²) in [7, 11) is 0. The Morgan fingerprint density at radius 3 is 2.47 bits per heavy atom. The van der Waals surface area contributed by atoms with Crippen LogP contribution in [0.3, 0.4) is 0 Å². The molecule has 0 saturated heterocycles. The fourth-order valence-corrected chi connectivity index (χ4v) is 1.95. The zero-order valence-corrected chi connectivity index (χ0v) is 8.88. The van der Waals surface area contributed by atoms with Crippen LogP contribution in [0.15, 0.2) is 23.1 Å². The van der Waals surface area contributed by atoms with Gasteiger partial charge in [-0.05, 0) is 29.8 Å². The van der Waals surface area contributed by atoms with Crippen LogP contribution in [0.4, 0.5) is 17.6 Å². The van der Waals surface area contributed by atoms with E-state index in [1.165, 1.54) is 12.1 Å². The molecule has 0 spiro atoms. The van der Waals surface area contributed by atoms with E-state index in [2.05, 4.69) is 0 Å². The zero-order valence-electron chi connectivity index (χ0n) is 8.07. The lowest BCUT2D eigenvalue weighted by Crippen LogP contribution is -2.03. The van der Waals surface area contributed by atoms with Gasteiger partial charge >= 0.3 is 5.51 Å². The summed E-state index contributed by atoms with van der Waals surface area (Å²) >= 11 is -0.381. The van der Waals surface area contributed by atoms with Gasteiger partial charge in [0.2, 0.25) is 0 Å². The van der Waals surface area contributed by atoms with Crippen molar-refractivity contribution in [2.75, 3.05) is 0 Å². The molecular weight excluding hydrogens is 228 g/mol. The van der Waals surface area contributed by atoms with E-state index >= 15 is 0 Å². The second-order valence-electron chi connectivity index (χ2n) is 3.03. The first-order valence-electron chi connectivity index (χ1n) is 4.47. The standard InChI is InChI=1S/C10H10F4S/c1-2-4-7-5-3-6-8(11)9(7)15-10(12,13)14/h3,5-6H,2,4H2,1H3. The van der Waals surface area contributed by atoms with Crippen LogP contribution in [0, 0.1) is 5.82 Å². The molecule has 0 heterocycles. The molecule has 0 nitrogen and oxygen atoms in total. The molecule has 0 aliphatic rings. The van der Waals surface area contributed by atoms with Crippen molar-refractivity contribution < 1.29 is 17.6 Å². The van der Waals surface area contributed by atoms with Crippen molar-refractivity contribution in [3.8, 4) is 0 Å². The third-order valence-corrected chi connectivity index (χ3v) is 2.68. The lowest BCUT2D eigenvalue weighted by atomic mass is 10.1. The van der Waals surface area contributed by atoms with Gasteiger partial charge in [0.25, 0.3) is 0 Å². The van der Waals surface area contributed by atoms with Gasteiger partial charge in [-0.25, -0.2) is 4.39 Å². The Balaban J connectivity index is 3.02. The zero-order chi connectivity index (χ0) is 11.5. The van der Waals surface area contributed by atoms with E-state index in [1.54, 1.807) is 0 Å². The molecule has 15 heavy (non-hydrogen) atoms. The fourth-order valence-electron chi connectivity index (χ4n) is 1.25. The van der Waals surface area contributed by atoms with Gasteiger partial charge in [0.1, 0.15) is 5.82 Å². The fraction of sp³-hybridized carbons (Fsp3) is 0.400. The average molecular weight is 238 g/mol. The van der Waals surface area contributed by atoms with Crippen LogP contribution in [0.1, 0.15) is 18.9 Å². The van der Waals surface area contributed by atoms with Crippen LogP contribution in [0.25, 0.3) is 0 Å². The molecule has 84 valence electrons. The number of rotatable bonds is 3. The topological polar surface area (TPSA) is 0 Å². The van der Waals surface area contributed by atoms with Crippen molar-refractivity contribution in [3.05, 3.63) is 29.6 Å². The van der Waals surface area contributed by atoms with E-state index in [0.717, 1.165) is 6.07 Å². The van der Waals surface area contributed by atoms with Crippen molar-refractivity contribution in [1.82, 2.24) is 0 Å². The number of halogens is 4. The molecule has 0 bridgehead atoms. The molecule has 1 aromatic carbocycles. The number of thioether (sulfide) groups is 1. The SMILES string of the molecule is CCCc1cccc(F)c1SC(F)(F)F. The quantitative estimate of drug-likeness (QED) is 0.556. The molecule has 1 rings (SSSR count). The summed E-state index contributed by atoms with van der Waals surface area (Å²) < 4.78 is 49.6. The Morgan fingerprint density at radius 2 is 1.93 bits per heavy atom. The van der Waals surface area contributed by atoms with Crippen molar-refractivity contribution in [1.29, 1.82) is 0 Å². The number of aryl methyl sites for hydroxylation is 1. The van der Waals surface area contributed by atoms with Crippen LogP contribution in [-0.4, -0.2) is 5.51 Å². The maximum atomic E-state index is 13.2. The minimum absolute atomic E-state index is 0.299. The second kappa shape index (κ2) is 4.88. The molecule has 5 heteroatoms. The second-order valence-corrected chi connectivity index (χ2v) is 4.10. The van der Waals surface area contributed by atoms with Gasteiger partial charge in [-0.15, -0.1) is 0 Å². The highest BCUT2D eigenvalue weighted by molar-refractivity contribution is 8.00. The van der Waals surface area contributed by atoms with Gasteiger partial charge in [-0.3, -0.25) is 0 Å². The molecule has 0 aliphatic heterocycles. The van der Waals surface area contributed by atoms with E-state index in [4.69, 9.17) is 0 Å². The highest BCUT2D eigenvalue weighted by atomic mass is 32.2. The van der Waals surface area contributed by atoms with Gasteiger partial charge < -0.3 is 0 Å². The summed E-state index contributed by atoms with van der Waals surface area (Å²) in [4.78, 5) is -0.299.